The van der Waals surface area contributed by atoms with Gasteiger partial charge in [0.25, 0.3) is 0 Å². The van der Waals surface area contributed by atoms with Crippen LogP contribution in [0.1, 0.15) is 5.69 Å². The molecule has 0 aliphatic rings. The van der Waals surface area contributed by atoms with Crippen molar-refractivity contribution in [3.05, 3.63) is 35.8 Å². The Morgan fingerprint density at radius 2 is 2.00 bits per heavy atom. The second-order valence-corrected chi connectivity index (χ2v) is 3.45. The molecule has 0 bridgehead atoms. The molecule has 0 amide bonds. The summed E-state index contributed by atoms with van der Waals surface area (Å²) in [7, 11) is 1.79. The number of nitrogen functional groups attached to an aromatic ring is 1. The number of benzene rings is 1. The molecule has 4 heteroatoms. The largest absolute Gasteiger partial charge is 0.382 e. The van der Waals surface area contributed by atoms with Crippen LogP contribution in [0.5, 0.6) is 0 Å². The van der Waals surface area contributed by atoms with Crippen LogP contribution < -0.4 is 5.73 Å². The number of rotatable bonds is 1. The van der Waals surface area contributed by atoms with Crippen molar-refractivity contribution in [2.45, 2.75) is 6.92 Å². The quantitative estimate of drug-likeness (QED) is 0.774. The Labute approximate surface area is 87.3 Å². The SMILES string of the molecule is Cc1c(-c2ccccc2F)c(N)nn1C. The Hall–Kier alpha value is -1.84. The lowest BCUT2D eigenvalue weighted by Crippen LogP contribution is -1.93. The van der Waals surface area contributed by atoms with Crippen LogP contribution in [0.4, 0.5) is 10.2 Å². The third-order valence-corrected chi connectivity index (χ3v) is 2.50. The highest BCUT2D eigenvalue weighted by atomic mass is 19.1. The molecular weight excluding hydrogens is 193 g/mol. The van der Waals surface area contributed by atoms with Gasteiger partial charge in [-0.05, 0) is 13.0 Å². The Bertz CT molecular complexity index is 503. The Morgan fingerprint density at radius 3 is 2.53 bits per heavy atom. The molecule has 0 atom stereocenters. The minimum atomic E-state index is -0.277. The molecule has 2 rings (SSSR count). The predicted octanol–water partition coefficient (Wildman–Crippen LogP) is 2.12. The van der Waals surface area contributed by atoms with Crippen LogP contribution in [0.25, 0.3) is 11.1 Å². The molecule has 78 valence electrons. The van der Waals surface area contributed by atoms with Crippen LogP contribution in [-0.2, 0) is 7.05 Å². The number of aromatic nitrogens is 2. The number of hydrogen-bond acceptors (Lipinski definition) is 2. The van der Waals surface area contributed by atoms with Gasteiger partial charge in [0.2, 0.25) is 0 Å². The molecule has 0 aliphatic heterocycles. The summed E-state index contributed by atoms with van der Waals surface area (Å²) in [6.07, 6.45) is 0. The molecule has 0 saturated heterocycles. The van der Waals surface area contributed by atoms with E-state index >= 15 is 0 Å². The van der Waals surface area contributed by atoms with Gasteiger partial charge in [-0.3, -0.25) is 4.68 Å². The summed E-state index contributed by atoms with van der Waals surface area (Å²) in [6.45, 7) is 1.87. The summed E-state index contributed by atoms with van der Waals surface area (Å²) in [5, 5.41) is 4.06. The van der Waals surface area contributed by atoms with E-state index in [0.29, 0.717) is 16.9 Å². The van der Waals surface area contributed by atoms with E-state index in [1.807, 2.05) is 6.92 Å². The van der Waals surface area contributed by atoms with Crippen molar-refractivity contribution in [1.82, 2.24) is 9.78 Å². The fraction of sp³-hybridized carbons (Fsp3) is 0.182. The van der Waals surface area contributed by atoms with Gasteiger partial charge in [0.05, 0.1) is 0 Å². The fourth-order valence-corrected chi connectivity index (χ4v) is 1.63. The van der Waals surface area contributed by atoms with Crippen molar-refractivity contribution in [2.24, 2.45) is 7.05 Å². The fourth-order valence-electron chi connectivity index (χ4n) is 1.63. The molecule has 0 aliphatic carbocycles. The van der Waals surface area contributed by atoms with Crippen molar-refractivity contribution in [3.63, 3.8) is 0 Å². The van der Waals surface area contributed by atoms with Crippen molar-refractivity contribution < 1.29 is 4.39 Å². The highest BCUT2D eigenvalue weighted by Gasteiger charge is 2.14. The number of hydrogen-bond donors (Lipinski definition) is 1. The summed E-state index contributed by atoms with van der Waals surface area (Å²) in [4.78, 5) is 0. The predicted molar refractivity (Wildman–Crippen MR) is 57.8 cm³/mol. The number of nitrogens with two attached hydrogens (primary N) is 1. The van der Waals surface area contributed by atoms with Crippen LogP contribution in [0.3, 0.4) is 0 Å². The van der Waals surface area contributed by atoms with Gasteiger partial charge >= 0.3 is 0 Å². The third-order valence-electron chi connectivity index (χ3n) is 2.50. The van der Waals surface area contributed by atoms with Crippen molar-refractivity contribution >= 4 is 5.82 Å². The normalized spacial score (nSPS) is 10.6. The summed E-state index contributed by atoms with van der Waals surface area (Å²) < 4.78 is 15.2. The Balaban J connectivity index is 2.69. The summed E-state index contributed by atoms with van der Waals surface area (Å²) in [5.74, 6) is 0.0837. The van der Waals surface area contributed by atoms with Gasteiger partial charge in [-0.25, -0.2) is 4.39 Å². The minimum absolute atomic E-state index is 0.277. The maximum atomic E-state index is 13.6. The van der Waals surface area contributed by atoms with Crippen LogP contribution in [0.2, 0.25) is 0 Å². The van der Waals surface area contributed by atoms with Gasteiger partial charge < -0.3 is 5.73 Å². The smallest absolute Gasteiger partial charge is 0.153 e. The average molecular weight is 205 g/mol. The lowest BCUT2D eigenvalue weighted by molar-refractivity contribution is 0.631. The van der Waals surface area contributed by atoms with Gasteiger partial charge in [-0.2, -0.15) is 5.10 Å². The van der Waals surface area contributed by atoms with E-state index in [4.69, 9.17) is 5.73 Å². The van der Waals surface area contributed by atoms with Crippen LogP contribution in [0.15, 0.2) is 24.3 Å². The van der Waals surface area contributed by atoms with Crippen LogP contribution in [0, 0.1) is 12.7 Å². The van der Waals surface area contributed by atoms with E-state index in [9.17, 15) is 4.39 Å². The maximum Gasteiger partial charge on any atom is 0.153 e. The van der Waals surface area contributed by atoms with Crippen molar-refractivity contribution in [2.75, 3.05) is 5.73 Å². The van der Waals surface area contributed by atoms with E-state index in [1.54, 1.807) is 29.9 Å². The molecule has 0 spiro atoms. The lowest BCUT2D eigenvalue weighted by atomic mass is 10.1. The molecule has 0 fully saturated rings. The Kier molecular flexibility index (Phi) is 2.19. The van der Waals surface area contributed by atoms with Gasteiger partial charge in [-0.15, -0.1) is 0 Å². The second kappa shape index (κ2) is 3.38. The van der Waals surface area contributed by atoms with Crippen molar-refractivity contribution in [3.8, 4) is 11.1 Å². The molecule has 2 aromatic rings. The summed E-state index contributed by atoms with van der Waals surface area (Å²) in [5.41, 5.74) is 7.78. The molecule has 0 radical (unpaired) electrons. The molecule has 3 nitrogen and oxygen atoms in total. The van der Waals surface area contributed by atoms with Crippen LogP contribution >= 0.6 is 0 Å². The first-order valence-corrected chi connectivity index (χ1v) is 4.65. The summed E-state index contributed by atoms with van der Waals surface area (Å²) >= 11 is 0. The van der Waals surface area contributed by atoms with E-state index < -0.39 is 0 Å². The Morgan fingerprint density at radius 1 is 1.33 bits per heavy atom. The first kappa shape index (κ1) is 9.71. The van der Waals surface area contributed by atoms with Gasteiger partial charge in [0.15, 0.2) is 5.82 Å². The number of aryl methyl sites for hydroxylation is 1. The molecule has 15 heavy (non-hydrogen) atoms. The topological polar surface area (TPSA) is 43.8 Å². The zero-order chi connectivity index (χ0) is 11.0. The second-order valence-electron chi connectivity index (χ2n) is 3.45. The standard InChI is InChI=1S/C11H12FN3/c1-7-10(11(13)14-15(7)2)8-5-3-4-6-9(8)12/h3-6H,1-2H3,(H2,13,14). The van der Waals surface area contributed by atoms with E-state index in [0.717, 1.165) is 5.69 Å². The monoisotopic (exact) mass is 205 g/mol. The molecule has 0 saturated carbocycles. The number of nitrogens with zero attached hydrogens (tertiary/aromatic N) is 2. The van der Waals surface area contributed by atoms with Gasteiger partial charge in [-0.1, -0.05) is 18.2 Å². The average Bonchev–Trinajstić information content (AvgIpc) is 2.43. The first-order valence-electron chi connectivity index (χ1n) is 4.65. The zero-order valence-electron chi connectivity index (χ0n) is 8.66. The molecular formula is C11H12FN3. The van der Waals surface area contributed by atoms with Gasteiger partial charge in [0.1, 0.15) is 5.82 Å². The molecule has 0 unspecified atom stereocenters. The zero-order valence-corrected chi connectivity index (χ0v) is 8.66. The molecule has 1 aromatic heterocycles. The number of anilines is 1. The minimum Gasteiger partial charge on any atom is -0.382 e. The molecule has 1 aromatic carbocycles. The molecule has 1 heterocycles. The van der Waals surface area contributed by atoms with E-state index in [-0.39, 0.29) is 5.82 Å². The molecule has 2 N–H and O–H groups in total. The number of halogens is 1. The summed E-state index contributed by atoms with van der Waals surface area (Å²) in [6, 6.07) is 6.56. The van der Waals surface area contributed by atoms with E-state index in [1.165, 1.54) is 6.07 Å². The third kappa shape index (κ3) is 1.48. The lowest BCUT2D eigenvalue weighted by Gasteiger charge is -2.02. The highest BCUT2D eigenvalue weighted by Crippen LogP contribution is 2.30. The van der Waals surface area contributed by atoms with E-state index in [2.05, 4.69) is 5.10 Å². The maximum absolute atomic E-state index is 13.6. The highest BCUT2D eigenvalue weighted by molar-refractivity contribution is 5.76. The van der Waals surface area contributed by atoms with Gasteiger partial charge in [0, 0.05) is 23.9 Å². The first-order chi connectivity index (χ1) is 7.11. The van der Waals surface area contributed by atoms with Crippen LogP contribution in [-0.4, -0.2) is 9.78 Å². The van der Waals surface area contributed by atoms with Crippen molar-refractivity contribution in [1.29, 1.82) is 0 Å².